The van der Waals surface area contributed by atoms with Crippen LogP contribution in [0, 0.1) is 11.6 Å². The van der Waals surface area contributed by atoms with E-state index in [4.69, 9.17) is 16.0 Å². The van der Waals surface area contributed by atoms with Crippen LogP contribution in [0.2, 0.25) is 5.02 Å². The van der Waals surface area contributed by atoms with E-state index in [1.807, 2.05) is 0 Å². The topological polar surface area (TPSA) is 42.2 Å². The number of halogens is 3. The lowest BCUT2D eigenvalue weighted by Gasteiger charge is -2.04. The van der Waals surface area contributed by atoms with E-state index < -0.39 is 17.5 Å². The summed E-state index contributed by atoms with van der Waals surface area (Å²) in [6.45, 7) is 0. The Morgan fingerprint density at radius 1 is 1.00 bits per heavy atom. The SMILES string of the molecule is O=C(Nc1ccc(F)cc1F)c1ccc(-c2ccc(Cl)cc2)o1. The molecule has 0 fully saturated rings. The van der Waals surface area contributed by atoms with Gasteiger partial charge in [0.25, 0.3) is 5.91 Å². The highest BCUT2D eigenvalue weighted by Gasteiger charge is 2.14. The molecule has 0 saturated heterocycles. The molecule has 0 saturated carbocycles. The molecule has 3 aromatic rings. The molecule has 0 aliphatic rings. The predicted molar refractivity (Wildman–Crippen MR) is 83.5 cm³/mol. The molecule has 0 aliphatic carbocycles. The van der Waals surface area contributed by atoms with E-state index in [1.165, 1.54) is 6.07 Å². The van der Waals surface area contributed by atoms with Crippen LogP contribution in [-0.2, 0) is 0 Å². The van der Waals surface area contributed by atoms with Crippen LogP contribution in [0.15, 0.2) is 59.0 Å². The van der Waals surface area contributed by atoms with Crippen LogP contribution in [0.5, 0.6) is 0 Å². The minimum absolute atomic E-state index is 0.0127. The zero-order chi connectivity index (χ0) is 16.4. The summed E-state index contributed by atoms with van der Waals surface area (Å²) in [5.74, 6) is -1.72. The molecule has 1 aromatic heterocycles. The van der Waals surface area contributed by atoms with E-state index in [0.29, 0.717) is 16.8 Å². The summed E-state index contributed by atoms with van der Waals surface area (Å²) >= 11 is 5.81. The van der Waals surface area contributed by atoms with Gasteiger partial charge in [0.1, 0.15) is 17.4 Å². The molecule has 3 rings (SSSR count). The molecule has 0 aliphatic heterocycles. The highest BCUT2D eigenvalue weighted by molar-refractivity contribution is 6.30. The number of furan rings is 1. The molecule has 6 heteroatoms. The molecule has 1 heterocycles. The molecule has 23 heavy (non-hydrogen) atoms. The van der Waals surface area contributed by atoms with Crippen molar-refractivity contribution in [2.24, 2.45) is 0 Å². The fourth-order valence-corrected chi connectivity index (χ4v) is 2.13. The van der Waals surface area contributed by atoms with Crippen molar-refractivity contribution in [3.8, 4) is 11.3 Å². The Labute approximate surface area is 135 Å². The van der Waals surface area contributed by atoms with Crippen molar-refractivity contribution in [1.29, 1.82) is 0 Å². The first kappa shape index (κ1) is 15.2. The number of carbonyl (C=O) groups excluding carboxylic acids is 1. The standard InChI is InChI=1S/C17H10ClF2NO2/c18-11-3-1-10(2-4-11)15-7-8-16(23-15)17(22)21-14-6-5-12(19)9-13(14)20/h1-9H,(H,21,22). The number of anilines is 1. The minimum Gasteiger partial charge on any atom is -0.451 e. The smallest absolute Gasteiger partial charge is 0.291 e. The average Bonchev–Trinajstić information content (AvgIpc) is 3.01. The van der Waals surface area contributed by atoms with Crippen molar-refractivity contribution in [3.05, 3.63) is 77.0 Å². The molecule has 0 spiro atoms. The number of carbonyl (C=O) groups is 1. The normalized spacial score (nSPS) is 10.6. The fraction of sp³-hybridized carbons (Fsp3) is 0. The third kappa shape index (κ3) is 3.40. The first-order chi connectivity index (χ1) is 11.0. The molecule has 0 unspecified atom stereocenters. The number of benzene rings is 2. The van der Waals surface area contributed by atoms with Gasteiger partial charge in [0, 0.05) is 16.7 Å². The van der Waals surface area contributed by atoms with E-state index in [1.54, 1.807) is 30.3 Å². The van der Waals surface area contributed by atoms with Gasteiger partial charge in [0.15, 0.2) is 5.76 Å². The third-order valence-electron chi connectivity index (χ3n) is 3.14. The average molecular weight is 334 g/mol. The maximum absolute atomic E-state index is 13.5. The summed E-state index contributed by atoms with van der Waals surface area (Å²) in [5.41, 5.74) is 0.627. The Hall–Kier alpha value is -2.66. The first-order valence-corrected chi connectivity index (χ1v) is 7.03. The molecule has 2 aromatic carbocycles. The number of nitrogens with one attached hydrogen (secondary N) is 1. The lowest BCUT2D eigenvalue weighted by molar-refractivity contribution is 0.0997. The maximum atomic E-state index is 13.5. The van der Waals surface area contributed by atoms with Crippen molar-refractivity contribution in [2.75, 3.05) is 5.32 Å². The van der Waals surface area contributed by atoms with Gasteiger partial charge in [-0.1, -0.05) is 11.6 Å². The third-order valence-corrected chi connectivity index (χ3v) is 3.39. The molecule has 0 atom stereocenters. The summed E-state index contributed by atoms with van der Waals surface area (Å²) < 4.78 is 31.8. The van der Waals surface area contributed by atoms with Crippen molar-refractivity contribution in [2.45, 2.75) is 0 Å². The molecule has 3 nitrogen and oxygen atoms in total. The van der Waals surface area contributed by atoms with Gasteiger partial charge in [-0.15, -0.1) is 0 Å². The van der Waals surface area contributed by atoms with Gasteiger partial charge >= 0.3 is 0 Å². The van der Waals surface area contributed by atoms with Crippen molar-refractivity contribution >= 4 is 23.2 Å². The molecular formula is C17H10ClF2NO2. The quantitative estimate of drug-likeness (QED) is 0.722. The zero-order valence-corrected chi connectivity index (χ0v) is 12.4. The van der Waals surface area contributed by atoms with Crippen LogP contribution in [0.4, 0.5) is 14.5 Å². The van der Waals surface area contributed by atoms with Gasteiger partial charge in [-0.2, -0.15) is 0 Å². The van der Waals surface area contributed by atoms with Gasteiger partial charge in [-0.25, -0.2) is 8.78 Å². The Bertz CT molecular complexity index is 859. The molecule has 1 amide bonds. The second-order valence-electron chi connectivity index (χ2n) is 4.75. The largest absolute Gasteiger partial charge is 0.451 e. The Morgan fingerprint density at radius 2 is 1.74 bits per heavy atom. The van der Waals surface area contributed by atoms with Crippen molar-refractivity contribution in [1.82, 2.24) is 0 Å². The van der Waals surface area contributed by atoms with Gasteiger partial charge in [-0.3, -0.25) is 4.79 Å². The van der Waals surface area contributed by atoms with Crippen LogP contribution in [-0.4, -0.2) is 5.91 Å². The predicted octanol–water partition coefficient (Wildman–Crippen LogP) is 5.13. The van der Waals surface area contributed by atoms with Gasteiger partial charge in [0.2, 0.25) is 0 Å². The summed E-state index contributed by atoms with van der Waals surface area (Å²) in [7, 11) is 0. The summed E-state index contributed by atoms with van der Waals surface area (Å²) in [5, 5.41) is 2.92. The van der Waals surface area contributed by atoms with Gasteiger partial charge in [-0.05, 0) is 48.5 Å². The van der Waals surface area contributed by atoms with Gasteiger partial charge < -0.3 is 9.73 Å². The first-order valence-electron chi connectivity index (χ1n) is 6.65. The summed E-state index contributed by atoms with van der Waals surface area (Å²) in [6.07, 6.45) is 0. The second-order valence-corrected chi connectivity index (χ2v) is 5.19. The Morgan fingerprint density at radius 3 is 2.43 bits per heavy atom. The van der Waals surface area contributed by atoms with Crippen LogP contribution in [0.25, 0.3) is 11.3 Å². The van der Waals surface area contributed by atoms with E-state index in [9.17, 15) is 13.6 Å². The summed E-state index contributed by atoms with van der Waals surface area (Å²) in [4.78, 5) is 12.1. The van der Waals surface area contributed by atoms with E-state index in [-0.39, 0.29) is 11.4 Å². The minimum atomic E-state index is -0.858. The van der Waals surface area contributed by atoms with Crippen LogP contribution in [0.3, 0.4) is 0 Å². The zero-order valence-electron chi connectivity index (χ0n) is 11.6. The molecule has 116 valence electrons. The Balaban J connectivity index is 1.79. The Kier molecular flexibility index (Phi) is 4.12. The molecule has 0 bridgehead atoms. The van der Waals surface area contributed by atoms with Crippen molar-refractivity contribution in [3.63, 3.8) is 0 Å². The van der Waals surface area contributed by atoms with Crippen molar-refractivity contribution < 1.29 is 18.0 Å². The van der Waals surface area contributed by atoms with Gasteiger partial charge in [0.05, 0.1) is 5.69 Å². The summed E-state index contributed by atoms with van der Waals surface area (Å²) in [6, 6.07) is 12.9. The van der Waals surface area contributed by atoms with Crippen LogP contribution < -0.4 is 5.32 Å². The highest BCUT2D eigenvalue weighted by atomic mass is 35.5. The number of amides is 1. The number of rotatable bonds is 3. The number of hydrogen-bond donors (Lipinski definition) is 1. The van der Waals surface area contributed by atoms with E-state index >= 15 is 0 Å². The lowest BCUT2D eigenvalue weighted by Crippen LogP contribution is -2.12. The van der Waals surface area contributed by atoms with Crippen LogP contribution >= 0.6 is 11.6 Å². The highest BCUT2D eigenvalue weighted by Crippen LogP contribution is 2.24. The molecular weight excluding hydrogens is 324 g/mol. The maximum Gasteiger partial charge on any atom is 0.291 e. The second kappa shape index (κ2) is 6.22. The monoisotopic (exact) mass is 333 g/mol. The van der Waals surface area contributed by atoms with Crippen LogP contribution in [0.1, 0.15) is 10.6 Å². The molecule has 1 N–H and O–H groups in total. The lowest BCUT2D eigenvalue weighted by atomic mass is 10.2. The fourth-order valence-electron chi connectivity index (χ4n) is 2.00. The number of hydrogen-bond acceptors (Lipinski definition) is 2. The van der Waals surface area contributed by atoms with E-state index in [2.05, 4.69) is 5.32 Å². The van der Waals surface area contributed by atoms with E-state index in [0.717, 1.165) is 17.7 Å². The molecule has 0 radical (unpaired) electrons.